The third-order valence-electron chi connectivity index (χ3n) is 4.97. The lowest BCUT2D eigenvalue weighted by Gasteiger charge is -2.30. The van der Waals surface area contributed by atoms with Crippen molar-refractivity contribution in [2.24, 2.45) is 5.92 Å². The Morgan fingerprint density at radius 1 is 1.17 bits per heavy atom. The quantitative estimate of drug-likeness (QED) is 0.877. The molecule has 23 heavy (non-hydrogen) atoms. The molecule has 3 rings (SSSR count). The van der Waals surface area contributed by atoms with Crippen LogP contribution in [-0.2, 0) is 16.1 Å². The number of benzene rings is 1. The van der Waals surface area contributed by atoms with Gasteiger partial charge in [0.2, 0.25) is 5.91 Å². The van der Waals surface area contributed by atoms with E-state index in [1.165, 1.54) is 12.0 Å². The SMILES string of the molecule is O=C(CC1CCCN1)N(Cc1ccccc1)CC1CCOCC1. The summed E-state index contributed by atoms with van der Waals surface area (Å²) in [4.78, 5) is 14.9. The number of nitrogens with zero attached hydrogens (tertiary/aromatic N) is 1. The largest absolute Gasteiger partial charge is 0.381 e. The molecule has 0 saturated carbocycles. The van der Waals surface area contributed by atoms with Crippen molar-refractivity contribution in [3.05, 3.63) is 35.9 Å². The summed E-state index contributed by atoms with van der Waals surface area (Å²) in [5.41, 5.74) is 1.22. The standard InChI is InChI=1S/C19H28N2O2/c22-19(13-18-7-4-10-20-18)21(14-16-5-2-1-3-6-16)15-17-8-11-23-12-9-17/h1-3,5-6,17-18,20H,4,7-15H2. The minimum Gasteiger partial charge on any atom is -0.381 e. The molecule has 1 aromatic carbocycles. The number of carbonyl (C=O) groups excluding carboxylic acids is 1. The number of ether oxygens (including phenoxy) is 1. The van der Waals surface area contributed by atoms with E-state index < -0.39 is 0 Å². The first-order chi connectivity index (χ1) is 11.3. The summed E-state index contributed by atoms with van der Waals surface area (Å²) >= 11 is 0. The van der Waals surface area contributed by atoms with E-state index >= 15 is 0 Å². The van der Waals surface area contributed by atoms with Gasteiger partial charge in [0.25, 0.3) is 0 Å². The molecule has 2 heterocycles. The predicted molar refractivity (Wildman–Crippen MR) is 91.0 cm³/mol. The van der Waals surface area contributed by atoms with E-state index in [4.69, 9.17) is 4.74 Å². The second-order valence-corrected chi connectivity index (χ2v) is 6.81. The summed E-state index contributed by atoms with van der Waals surface area (Å²) in [6.07, 6.45) is 5.09. The molecule has 2 saturated heterocycles. The van der Waals surface area contributed by atoms with Gasteiger partial charge >= 0.3 is 0 Å². The van der Waals surface area contributed by atoms with Gasteiger partial charge in [0, 0.05) is 38.8 Å². The van der Waals surface area contributed by atoms with Gasteiger partial charge < -0.3 is 15.0 Å². The van der Waals surface area contributed by atoms with Gasteiger partial charge in [-0.2, -0.15) is 0 Å². The minimum absolute atomic E-state index is 0.291. The van der Waals surface area contributed by atoms with Crippen LogP contribution in [0.5, 0.6) is 0 Å². The average Bonchev–Trinajstić information content (AvgIpc) is 3.09. The fourth-order valence-corrected chi connectivity index (χ4v) is 3.57. The van der Waals surface area contributed by atoms with E-state index in [0.29, 0.717) is 24.3 Å². The number of amides is 1. The molecule has 1 atom stereocenters. The summed E-state index contributed by atoms with van der Waals surface area (Å²) in [6, 6.07) is 10.7. The Kier molecular flexibility index (Phi) is 6.06. The molecular formula is C19H28N2O2. The van der Waals surface area contributed by atoms with E-state index in [0.717, 1.165) is 52.1 Å². The second kappa shape index (κ2) is 8.46. The van der Waals surface area contributed by atoms with Crippen molar-refractivity contribution in [1.82, 2.24) is 10.2 Å². The van der Waals surface area contributed by atoms with E-state index in [1.807, 2.05) is 18.2 Å². The molecule has 0 aliphatic carbocycles. The zero-order valence-corrected chi connectivity index (χ0v) is 13.9. The lowest BCUT2D eigenvalue weighted by molar-refractivity contribution is -0.133. The average molecular weight is 316 g/mol. The molecule has 0 bridgehead atoms. The molecule has 1 aromatic rings. The molecule has 4 heteroatoms. The van der Waals surface area contributed by atoms with E-state index in [9.17, 15) is 4.79 Å². The van der Waals surface area contributed by atoms with Crippen molar-refractivity contribution < 1.29 is 9.53 Å². The van der Waals surface area contributed by atoms with Gasteiger partial charge in [0.15, 0.2) is 0 Å². The van der Waals surface area contributed by atoms with Crippen LogP contribution in [0.2, 0.25) is 0 Å². The van der Waals surface area contributed by atoms with Gasteiger partial charge in [-0.1, -0.05) is 30.3 Å². The molecule has 2 aliphatic rings. The van der Waals surface area contributed by atoms with Crippen LogP contribution in [0.15, 0.2) is 30.3 Å². The Balaban J connectivity index is 1.62. The van der Waals surface area contributed by atoms with Gasteiger partial charge in [0.1, 0.15) is 0 Å². The number of rotatable bonds is 6. The van der Waals surface area contributed by atoms with Crippen molar-refractivity contribution in [3.8, 4) is 0 Å². The Labute approximate surface area is 139 Å². The van der Waals surface area contributed by atoms with Gasteiger partial charge in [0.05, 0.1) is 0 Å². The molecule has 1 amide bonds. The summed E-state index contributed by atoms with van der Waals surface area (Å²) in [5, 5.41) is 3.44. The van der Waals surface area contributed by atoms with Crippen LogP contribution in [0.3, 0.4) is 0 Å². The molecule has 1 N–H and O–H groups in total. The highest BCUT2D eigenvalue weighted by molar-refractivity contribution is 5.77. The van der Waals surface area contributed by atoms with Crippen molar-refractivity contribution in [2.45, 2.75) is 44.7 Å². The monoisotopic (exact) mass is 316 g/mol. The van der Waals surface area contributed by atoms with Crippen LogP contribution < -0.4 is 5.32 Å². The van der Waals surface area contributed by atoms with Crippen LogP contribution >= 0.6 is 0 Å². The summed E-state index contributed by atoms with van der Waals surface area (Å²) < 4.78 is 5.45. The van der Waals surface area contributed by atoms with Gasteiger partial charge in [-0.25, -0.2) is 0 Å². The number of carbonyl (C=O) groups is 1. The smallest absolute Gasteiger partial charge is 0.224 e. The molecular weight excluding hydrogens is 288 g/mol. The third kappa shape index (κ3) is 5.05. The minimum atomic E-state index is 0.291. The van der Waals surface area contributed by atoms with Gasteiger partial charge in [-0.05, 0) is 43.7 Å². The summed E-state index contributed by atoms with van der Waals surface area (Å²) in [5.74, 6) is 0.868. The first kappa shape index (κ1) is 16.5. The molecule has 126 valence electrons. The molecule has 2 fully saturated rings. The van der Waals surface area contributed by atoms with E-state index in [2.05, 4.69) is 22.3 Å². The Bertz CT molecular complexity index is 479. The van der Waals surface area contributed by atoms with E-state index in [-0.39, 0.29) is 0 Å². The molecule has 0 spiro atoms. The topological polar surface area (TPSA) is 41.6 Å². The first-order valence-electron chi connectivity index (χ1n) is 8.94. The van der Waals surface area contributed by atoms with Crippen LogP contribution in [0.4, 0.5) is 0 Å². The van der Waals surface area contributed by atoms with Crippen LogP contribution in [0.1, 0.15) is 37.7 Å². The second-order valence-electron chi connectivity index (χ2n) is 6.81. The number of nitrogens with one attached hydrogen (secondary N) is 1. The Hall–Kier alpha value is -1.39. The zero-order valence-electron chi connectivity index (χ0n) is 13.9. The molecule has 0 aromatic heterocycles. The Morgan fingerprint density at radius 2 is 1.96 bits per heavy atom. The highest BCUT2D eigenvalue weighted by Crippen LogP contribution is 2.19. The zero-order chi connectivity index (χ0) is 15.9. The van der Waals surface area contributed by atoms with Crippen molar-refractivity contribution in [3.63, 3.8) is 0 Å². The molecule has 0 radical (unpaired) electrons. The maximum Gasteiger partial charge on any atom is 0.224 e. The lowest BCUT2D eigenvalue weighted by Crippen LogP contribution is -2.39. The summed E-state index contributed by atoms with van der Waals surface area (Å²) in [6.45, 7) is 4.31. The highest BCUT2D eigenvalue weighted by atomic mass is 16.5. The molecule has 1 unspecified atom stereocenters. The number of hydrogen-bond acceptors (Lipinski definition) is 3. The fraction of sp³-hybridized carbons (Fsp3) is 0.632. The molecule has 2 aliphatic heterocycles. The van der Waals surface area contributed by atoms with Crippen LogP contribution in [0.25, 0.3) is 0 Å². The Morgan fingerprint density at radius 3 is 2.65 bits per heavy atom. The highest BCUT2D eigenvalue weighted by Gasteiger charge is 2.25. The van der Waals surface area contributed by atoms with Crippen LogP contribution in [-0.4, -0.2) is 43.2 Å². The van der Waals surface area contributed by atoms with Gasteiger partial charge in [-0.3, -0.25) is 4.79 Å². The fourth-order valence-electron chi connectivity index (χ4n) is 3.57. The van der Waals surface area contributed by atoms with Crippen LogP contribution in [0, 0.1) is 5.92 Å². The predicted octanol–water partition coefficient (Wildman–Crippen LogP) is 2.58. The van der Waals surface area contributed by atoms with Gasteiger partial charge in [-0.15, -0.1) is 0 Å². The van der Waals surface area contributed by atoms with Crippen molar-refractivity contribution in [2.75, 3.05) is 26.3 Å². The maximum absolute atomic E-state index is 12.8. The van der Waals surface area contributed by atoms with Crippen molar-refractivity contribution >= 4 is 5.91 Å². The lowest BCUT2D eigenvalue weighted by atomic mass is 9.99. The third-order valence-corrected chi connectivity index (χ3v) is 4.97. The maximum atomic E-state index is 12.8. The normalized spacial score (nSPS) is 22.2. The molecule has 4 nitrogen and oxygen atoms in total. The van der Waals surface area contributed by atoms with E-state index in [1.54, 1.807) is 0 Å². The first-order valence-corrected chi connectivity index (χ1v) is 8.94. The number of hydrogen-bond donors (Lipinski definition) is 1. The summed E-state index contributed by atoms with van der Waals surface area (Å²) in [7, 11) is 0. The van der Waals surface area contributed by atoms with Crippen molar-refractivity contribution in [1.29, 1.82) is 0 Å².